The molecule has 78 valence electrons. The third-order valence-electron chi connectivity index (χ3n) is 2.00. The van der Waals surface area contributed by atoms with E-state index in [1.54, 1.807) is 0 Å². The maximum absolute atomic E-state index is 11.0. The van der Waals surface area contributed by atoms with Gasteiger partial charge in [0.1, 0.15) is 6.04 Å². The van der Waals surface area contributed by atoms with Gasteiger partial charge in [0.2, 0.25) is 13.8 Å². The van der Waals surface area contributed by atoms with Gasteiger partial charge in [0.25, 0.3) is 0 Å². The van der Waals surface area contributed by atoms with E-state index in [0.717, 1.165) is 5.56 Å². The van der Waals surface area contributed by atoms with Crippen LogP contribution < -0.4 is 11.1 Å². The van der Waals surface area contributed by atoms with Crippen LogP contribution in [0, 0.1) is 0 Å². The maximum Gasteiger partial charge on any atom is 0.240 e. The smallest absolute Gasteiger partial charge is 0.240 e. The first-order valence-electron chi connectivity index (χ1n) is 4.70. The van der Waals surface area contributed by atoms with Crippen LogP contribution >= 0.6 is 0 Å². The molecular weight excluding hydrogens is 191 g/mol. The molecule has 4 nitrogen and oxygen atoms in total. The van der Waals surface area contributed by atoms with Gasteiger partial charge in [-0.15, -0.1) is 0 Å². The van der Waals surface area contributed by atoms with Crippen LogP contribution in [0.3, 0.4) is 0 Å². The van der Waals surface area contributed by atoms with Gasteiger partial charge in [-0.25, -0.2) is 0 Å². The number of hydrogen-bond acceptors (Lipinski definition) is 2. The Bertz CT molecular complexity index is 354. The number of amides is 2. The molecule has 1 unspecified atom stereocenters. The predicted molar refractivity (Wildman–Crippen MR) is 60.2 cm³/mol. The van der Waals surface area contributed by atoms with E-state index in [-0.39, 0.29) is 5.81 Å². The molecule has 1 rings (SSSR count). The molecule has 0 radical (unpaired) electrons. The highest BCUT2D eigenvalue weighted by atomic mass is 16.2. The number of hydrogen-bond donors (Lipinski definition) is 2. The molecule has 1 aromatic carbocycles. The quantitative estimate of drug-likeness (QED) is 0.644. The third-order valence-corrected chi connectivity index (χ3v) is 2.00. The number of nitrogens with one attached hydrogen (secondary N) is 1. The van der Waals surface area contributed by atoms with E-state index in [0.29, 0.717) is 6.42 Å². The lowest BCUT2D eigenvalue weighted by atomic mass is 10.0. The van der Waals surface area contributed by atoms with Gasteiger partial charge in [0, 0.05) is 6.42 Å². The van der Waals surface area contributed by atoms with E-state index < -0.39 is 11.9 Å². The summed E-state index contributed by atoms with van der Waals surface area (Å²) in [7, 11) is 1.36. The molecule has 15 heavy (non-hydrogen) atoms. The van der Waals surface area contributed by atoms with Crippen LogP contribution in [0.15, 0.2) is 30.3 Å². The largest absolute Gasteiger partial charge is 0.368 e. The van der Waals surface area contributed by atoms with Crippen LogP contribution in [-0.2, 0) is 11.2 Å². The van der Waals surface area contributed by atoms with Crippen molar-refractivity contribution < 1.29 is 9.59 Å². The molecule has 0 aliphatic carbocycles. The first-order valence-corrected chi connectivity index (χ1v) is 4.70. The summed E-state index contributed by atoms with van der Waals surface area (Å²) in [4.78, 5) is 21.9. The number of benzene rings is 1. The topological polar surface area (TPSA) is 72.2 Å². The molecule has 0 aliphatic rings. The van der Waals surface area contributed by atoms with Gasteiger partial charge < -0.3 is 11.1 Å². The van der Waals surface area contributed by atoms with Crippen LogP contribution in [0.1, 0.15) is 5.56 Å². The van der Waals surface area contributed by atoms with Gasteiger partial charge in [-0.3, -0.25) is 9.59 Å². The number of carbonyl (C=O) groups excluding carboxylic acids is 2. The van der Waals surface area contributed by atoms with Gasteiger partial charge >= 0.3 is 0 Å². The fourth-order valence-electron chi connectivity index (χ4n) is 1.32. The normalized spacial score (nSPS) is 11.7. The summed E-state index contributed by atoms with van der Waals surface area (Å²) in [6.45, 7) is 0. The first-order chi connectivity index (χ1) is 7.09. The molecule has 0 heterocycles. The SMILES string of the molecule is BC(=O)NC(Cc1ccccc1)C(N)=O. The zero-order valence-corrected chi connectivity index (χ0v) is 8.57. The molecule has 0 aliphatic heterocycles. The van der Waals surface area contributed by atoms with E-state index in [4.69, 9.17) is 5.73 Å². The summed E-state index contributed by atoms with van der Waals surface area (Å²) in [6.07, 6.45) is 0.426. The van der Waals surface area contributed by atoms with Crippen LogP contribution in [-0.4, -0.2) is 25.6 Å². The van der Waals surface area contributed by atoms with Gasteiger partial charge in [-0.2, -0.15) is 0 Å². The van der Waals surface area contributed by atoms with Crippen molar-refractivity contribution in [2.45, 2.75) is 12.5 Å². The standard InChI is InChI=1S/C10H13BN2O2/c11-10(15)13-8(9(12)14)6-7-4-2-1-3-5-7/h1-5,8H,6,11H2,(H2,12,14)(H,13,15). The van der Waals surface area contributed by atoms with Crippen molar-refractivity contribution in [1.29, 1.82) is 0 Å². The van der Waals surface area contributed by atoms with Crippen LogP contribution in [0.25, 0.3) is 0 Å². The number of nitrogens with two attached hydrogens (primary N) is 1. The molecule has 1 atom stereocenters. The Balaban J connectivity index is 2.67. The highest BCUT2D eigenvalue weighted by Crippen LogP contribution is 2.02. The Hall–Kier alpha value is -1.78. The second-order valence-electron chi connectivity index (χ2n) is 3.35. The fourth-order valence-corrected chi connectivity index (χ4v) is 1.32. The lowest BCUT2D eigenvalue weighted by Gasteiger charge is -2.14. The molecule has 2 amide bonds. The number of carbonyl (C=O) groups is 2. The Morgan fingerprint density at radius 3 is 2.40 bits per heavy atom. The average Bonchev–Trinajstić information content (AvgIpc) is 2.17. The van der Waals surface area contributed by atoms with E-state index in [1.165, 1.54) is 7.85 Å². The summed E-state index contributed by atoms with van der Waals surface area (Å²) in [5.41, 5.74) is 6.15. The minimum Gasteiger partial charge on any atom is -0.368 e. The van der Waals surface area contributed by atoms with Gasteiger partial charge in [0.05, 0.1) is 0 Å². The highest BCUT2D eigenvalue weighted by molar-refractivity contribution is 6.57. The molecule has 3 N–H and O–H groups in total. The fraction of sp³-hybridized carbons (Fsp3) is 0.200. The number of primary amides is 1. The average molecular weight is 204 g/mol. The third kappa shape index (κ3) is 3.85. The van der Waals surface area contributed by atoms with Crippen LogP contribution in [0.5, 0.6) is 0 Å². The lowest BCUT2D eigenvalue weighted by Crippen LogP contribution is -2.45. The maximum atomic E-state index is 11.0. The zero-order chi connectivity index (χ0) is 11.3. The Labute approximate surface area is 89.3 Å². The van der Waals surface area contributed by atoms with E-state index >= 15 is 0 Å². The molecule has 5 heteroatoms. The Morgan fingerprint density at radius 1 is 1.33 bits per heavy atom. The molecule has 1 aromatic rings. The molecule has 0 aromatic heterocycles. The monoisotopic (exact) mass is 204 g/mol. The lowest BCUT2D eigenvalue weighted by molar-refractivity contribution is -0.119. The van der Waals surface area contributed by atoms with Gasteiger partial charge in [-0.1, -0.05) is 30.3 Å². The van der Waals surface area contributed by atoms with E-state index in [1.807, 2.05) is 30.3 Å². The molecular formula is C10H13BN2O2. The molecule has 0 spiro atoms. The summed E-state index contributed by atoms with van der Waals surface area (Å²) in [5.74, 6) is -0.774. The minimum absolute atomic E-state index is 0.255. The molecule has 0 saturated carbocycles. The summed E-state index contributed by atoms with van der Waals surface area (Å²) >= 11 is 0. The highest BCUT2D eigenvalue weighted by Gasteiger charge is 2.16. The summed E-state index contributed by atoms with van der Waals surface area (Å²) < 4.78 is 0. The van der Waals surface area contributed by atoms with Crippen molar-refractivity contribution >= 4 is 19.6 Å². The van der Waals surface area contributed by atoms with E-state index in [2.05, 4.69) is 5.32 Å². The minimum atomic E-state index is -0.634. The first kappa shape index (κ1) is 11.3. The Morgan fingerprint density at radius 2 is 1.93 bits per heavy atom. The van der Waals surface area contributed by atoms with Crippen LogP contribution in [0.2, 0.25) is 0 Å². The van der Waals surface area contributed by atoms with Crippen LogP contribution in [0.4, 0.5) is 4.79 Å². The Kier molecular flexibility index (Phi) is 3.91. The van der Waals surface area contributed by atoms with Crippen molar-refractivity contribution in [2.75, 3.05) is 0 Å². The molecule has 0 saturated heterocycles. The molecule has 0 bridgehead atoms. The molecule has 0 fully saturated rings. The van der Waals surface area contributed by atoms with Gasteiger partial charge in [0.15, 0.2) is 5.81 Å². The van der Waals surface area contributed by atoms with E-state index in [9.17, 15) is 9.59 Å². The summed E-state index contributed by atoms with van der Waals surface area (Å²) in [6, 6.07) is 8.78. The van der Waals surface area contributed by atoms with Crippen molar-refractivity contribution in [2.24, 2.45) is 5.73 Å². The van der Waals surface area contributed by atoms with Gasteiger partial charge in [-0.05, 0) is 5.56 Å². The van der Waals surface area contributed by atoms with Crippen molar-refractivity contribution in [3.63, 3.8) is 0 Å². The van der Waals surface area contributed by atoms with Crippen molar-refractivity contribution in [3.05, 3.63) is 35.9 Å². The number of rotatable bonds is 4. The second-order valence-corrected chi connectivity index (χ2v) is 3.35. The predicted octanol–water partition coefficient (Wildman–Crippen LogP) is -0.574. The second kappa shape index (κ2) is 5.19. The zero-order valence-electron chi connectivity index (χ0n) is 8.57. The van der Waals surface area contributed by atoms with Crippen molar-refractivity contribution in [3.8, 4) is 0 Å². The van der Waals surface area contributed by atoms with Crippen molar-refractivity contribution in [1.82, 2.24) is 5.32 Å². The summed E-state index contributed by atoms with van der Waals surface area (Å²) in [5, 5.41) is 2.51.